The molecule has 0 radical (unpaired) electrons. The highest BCUT2D eigenvalue weighted by atomic mass is 32.2. The van der Waals surface area contributed by atoms with Crippen molar-refractivity contribution < 1.29 is 22.7 Å². The fourth-order valence-corrected chi connectivity index (χ4v) is 6.45. The van der Waals surface area contributed by atoms with Gasteiger partial charge in [0.25, 0.3) is 10.0 Å². The van der Waals surface area contributed by atoms with Gasteiger partial charge in [0, 0.05) is 18.0 Å². The predicted octanol–water partition coefficient (Wildman–Crippen LogP) is 5.89. The van der Waals surface area contributed by atoms with E-state index in [0.29, 0.717) is 31.0 Å². The number of hydrogen-bond acceptors (Lipinski definition) is 6. The van der Waals surface area contributed by atoms with Crippen molar-refractivity contribution in [2.45, 2.75) is 63.4 Å². The number of hydrogen-bond donors (Lipinski definition) is 1. The molecule has 232 valence electrons. The number of benzene rings is 3. The van der Waals surface area contributed by atoms with E-state index in [4.69, 9.17) is 4.74 Å². The number of anilines is 1. The zero-order chi connectivity index (χ0) is 31.6. The number of aryl methyl sites for hydroxylation is 1. The first-order valence-electron chi connectivity index (χ1n) is 14.5. The summed E-state index contributed by atoms with van der Waals surface area (Å²) in [5.41, 5.74) is 2.19. The second-order valence-electron chi connectivity index (χ2n) is 10.7. The average Bonchev–Trinajstić information content (AvgIpc) is 2.99. The second-order valence-corrected chi connectivity index (χ2v) is 13.4. The fraction of sp³-hybridized carbons (Fsp3) is 0.394. The number of nitrogens with zero attached hydrogens (tertiary/aromatic N) is 2. The molecular formula is C33H43N3O5S2. The van der Waals surface area contributed by atoms with Crippen LogP contribution in [0.1, 0.15) is 45.2 Å². The van der Waals surface area contributed by atoms with E-state index >= 15 is 0 Å². The molecule has 0 aliphatic heterocycles. The van der Waals surface area contributed by atoms with Gasteiger partial charge < -0.3 is 15.0 Å². The first-order chi connectivity index (χ1) is 20.5. The summed E-state index contributed by atoms with van der Waals surface area (Å²) in [6, 6.07) is 20.2. The van der Waals surface area contributed by atoms with E-state index in [9.17, 15) is 18.0 Å². The van der Waals surface area contributed by atoms with Gasteiger partial charge >= 0.3 is 0 Å². The quantitative estimate of drug-likeness (QED) is 0.212. The topological polar surface area (TPSA) is 96.0 Å². The number of rotatable bonds is 15. The zero-order valence-electron chi connectivity index (χ0n) is 25.9. The van der Waals surface area contributed by atoms with Gasteiger partial charge in [-0.15, -0.1) is 11.8 Å². The van der Waals surface area contributed by atoms with Crippen molar-refractivity contribution >= 4 is 39.3 Å². The Bertz CT molecular complexity index is 1460. The Morgan fingerprint density at radius 2 is 1.65 bits per heavy atom. The standard InChI is InChI=1S/C33H43N3O5S2/c1-7-31(33(38)34-21-24(3)4)35(22-26-11-9-10-25(5)20-26)32(37)23-36(27-12-14-28(15-13-27)41-8-2)43(39,40)30-18-16-29(42-6)17-19-30/h9-20,24,31H,7-8,21-23H2,1-6H3,(H,34,38)/t31-/m0/s1. The van der Waals surface area contributed by atoms with Gasteiger partial charge in [0.05, 0.1) is 17.2 Å². The predicted molar refractivity (Wildman–Crippen MR) is 174 cm³/mol. The van der Waals surface area contributed by atoms with Crippen LogP contribution in [0.2, 0.25) is 0 Å². The first kappa shape index (κ1) is 34.0. The molecule has 0 unspecified atom stereocenters. The third-order valence-corrected chi connectivity index (χ3v) is 9.40. The third-order valence-electron chi connectivity index (χ3n) is 6.87. The molecule has 10 heteroatoms. The molecule has 3 aromatic carbocycles. The van der Waals surface area contributed by atoms with Gasteiger partial charge in [-0.2, -0.15) is 0 Å². The highest BCUT2D eigenvalue weighted by molar-refractivity contribution is 7.98. The van der Waals surface area contributed by atoms with E-state index in [1.165, 1.54) is 16.7 Å². The normalized spacial score (nSPS) is 12.1. The second kappa shape index (κ2) is 15.8. The highest BCUT2D eigenvalue weighted by Crippen LogP contribution is 2.28. The van der Waals surface area contributed by atoms with Crippen molar-refractivity contribution in [2.24, 2.45) is 5.92 Å². The van der Waals surface area contributed by atoms with Gasteiger partial charge in [-0.05, 0) is 86.5 Å². The molecule has 43 heavy (non-hydrogen) atoms. The smallest absolute Gasteiger partial charge is 0.264 e. The maximum atomic E-state index is 14.2. The van der Waals surface area contributed by atoms with Crippen molar-refractivity contribution in [1.29, 1.82) is 0 Å². The van der Waals surface area contributed by atoms with Crippen LogP contribution in [0.25, 0.3) is 0 Å². The van der Waals surface area contributed by atoms with Crippen LogP contribution >= 0.6 is 11.8 Å². The minimum absolute atomic E-state index is 0.0685. The van der Waals surface area contributed by atoms with Gasteiger partial charge in [-0.3, -0.25) is 13.9 Å². The summed E-state index contributed by atoms with van der Waals surface area (Å²) in [5.74, 6) is 0.0833. The Kier molecular flexibility index (Phi) is 12.5. The van der Waals surface area contributed by atoms with Crippen LogP contribution in [0.5, 0.6) is 5.75 Å². The molecule has 0 bridgehead atoms. The number of nitrogens with one attached hydrogen (secondary N) is 1. The van der Waals surface area contributed by atoms with Crippen molar-refractivity contribution in [3.63, 3.8) is 0 Å². The first-order valence-corrected chi connectivity index (χ1v) is 17.2. The van der Waals surface area contributed by atoms with Crippen LogP contribution in [-0.2, 0) is 26.2 Å². The molecule has 0 aliphatic rings. The average molecular weight is 626 g/mol. The van der Waals surface area contributed by atoms with Crippen LogP contribution in [0.4, 0.5) is 5.69 Å². The van der Waals surface area contributed by atoms with Gasteiger partial charge in [0.1, 0.15) is 18.3 Å². The third kappa shape index (κ3) is 9.24. The maximum absolute atomic E-state index is 14.2. The molecule has 3 rings (SSSR count). The zero-order valence-corrected chi connectivity index (χ0v) is 27.5. The number of thioether (sulfide) groups is 1. The Labute approximate surface area is 260 Å². The lowest BCUT2D eigenvalue weighted by atomic mass is 10.1. The summed E-state index contributed by atoms with van der Waals surface area (Å²) < 4.78 is 34.9. The molecule has 8 nitrogen and oxygen atoms in total. The van der Waals surface area contributed by atoms with Gasteiger partial charge in [-0.1, -0.05) is 50.6 Å². The molecule has 0 heterocycles. The number of sulfonamides is 1. The molecule has 2 amide bonds. The summed E-state index contributed by atoms with van der Waals surface area (Å²) in [7, 11) is -4.15. The summed E-state index contributed by atoms with van der Waals surface area (Å²) >= 11 is 1.51. The van der Waals surface area contributed by atoms with Gasteiger partial charge in [0.2, 0.25) is 11.8 Å². The lowest BCUT2D eigenvalue weighted by Gasteiger charge is -2.33. The van der Waals surface area contributed by atoms with Gasteiger partial charge in [0.15, 0.2) is 0 Å². The van der Waals surface area contributed by atoms with E-state index in [2.05, 4.69) is 5.32 Å². The molecular weight excluding hydrogens is 583 g/mol. The monoisotopic (exact) mass is 625 g/mol. The Balaban J connectivity index is 2.06. The molecule has 1 atom stereocenters. The minimum Gasteiger partial charge on any atom is -0.494 e. The lowest BCUT2D eigenvalue weighted by molar-refractivity contribution is -0.140. The number of ether oxygens (including phenoxy) is 1. The molecule has 3 aromatic rings. The molecule has 0 spiro atoms. The van der Waals surface area contributed by atoms with Crippen LogP contribution in [-0.4, -0.2) is 57.1 Å². The maximum Gasteiger partial charge on any atom is 0.264 e. The van der Waals surface area contributed by atoms with Crippen molar-refractivity contribution in [3.05, 3.63) is 83.9 Å². The van der Waals surface area contributed by atoms with Crippen LogP contribution in [0, 0.1) is 12.8 Å². The number of carbonyl (C=O) groups excluding carboxylic acids is 2. The lowest BCUT2D eigenvalue weighted by Crippen LogP contribution is -2.52. The van der Waals surface area contributed by atoms with Crippen LogP contribution in [0.15, 0.2) is 82.6 Å². The van der Waals surface area contributed by atoms with Crippen molar-refractivity contribution in [2.75, 3.05) is 30.3 Å². The number of amides is 2. The van der Waals surface area contributed by atoms with Gasteiger partial charge in [-0.25, -0.2) is 8.42 Å². The van der Waals surface area contributed by atoms with E-state index < -0.39 is 28.5 Å². The molecule has 0 saturated carbocycles. The number of carbonyl (C=O) groups is 2. The van der Waals surface area contributed by atoms with E-state index in [1.54, 1.807) is 48.5 Å². The van der Waals surface area contributed by atoms with Crippen molar-refractivity contribution in [1.82, 2.24) is 10.2 Å². The minimum atomic E-state index is -4.15. The van der Waals surface area contributed by atoms with Crippen molar-refractivity contribution in [3.8, 4) is 5.75 Å². The van der Waals surface area contributed by atoms with Crippen LogP contribution in [0.3, 0.4) is 0 Å². The van der Waals surface area contributed by atoms with E-state index in [0.717, 1.165) is 20.3 Å². The molecule has 0 aliphatic carbocycles. The molecule has 0 saturated heterocycles. The van der Waals surface area contributed by atoms with E-state index in [-0.39, 0.29) is 23.3 Å². The summed E-state index contributed by atoms with van der Waals surface area (Å²) in [5, 5.41) is 2.96. The van der Waals surface area contributed by atoms with E-state index in [1.807, 2.05) is 65.1 Å². The summed E-state index contributed by atoms with van der Waals surface area (Å²) in [4.78, 5) is 30.1. The Morgan fingerprint density at radius 3 is 2.21 bits per heavy atom. The molecule has 1 N–H and O–H groups in total. The summed E-state index contributed by atoms with van der Waals surface area (Å²) in [6.45, 7) is 10.3. The highest BCUT2D eigenvalue weighted by Gasteiger charge is 2.33. The largest absolute Gasteiger partial charge is 0.494 e. The fourth-order valence-electron chi connectivity index (χ4n) is 4.63. The van der Waals surface area contributed by atoms with Crippen LogP contribution < -0.4 is 14.4 Å². The molecule has 0 fully saturated rings. The Morgan fingerprint density at radius 1 is 0.977 bits per heavy atom. The summed E-state index contributed by atoms with van der Waals surface area (Å²) in [6.07, 6.45) is 2.28. The Hall–Kier alpha value is -3.50. The molecule has 0 aromatic heterocycles. The SMILES string of the molecule is CCOc1ccc(N(CC(=O)N(Cc2cccc(C)c2)[C@@H](CC)C(=O)NCC(C)C)S(=O)(=O)c2ccc(SC)cc2)cc1.